The summed E-state index contributed by atoms with van der Waals surface area (Å²) < 4.78 is 22.2. The number of anilines is 1. The minimum absolute atomic E-state index is 0.0181. The summed E-state index contributed by atoms with van der Waals surface area (Å²) in [6, 6.07) is 6.56. The van der Waals surface area contributed by atoms with Crippen LogP contribution in [0.2, 0.25) is 0 Å². The summed E-state index contributed by atoms with van der Waals surface area (Å²) in [5.74, 6) is -0.242. The smallest absolute Gasteiger partial charge is 0.238 e. The monoisotopic (exact) mass is 264 g/mol. The number of rotatable bonds is 3. The van der Waals surface area contributed by atoms with E-state index in [1.165, 1.54) is 0 Å². The van der Waals surface area contributed by atoms with E-state index >= 15 is 0 Å². The molecule has 0 aliphatic rings. The molecule has 1 aromatic rings. The number of nitrogens with one attached hydrogen (secondary N) is 1. The number of aromatic hydroxyl groups is 1. The van der Waals surface area contributed by atoms with Crippen molar-refractivity contribution in [1.82, 2.24) is 0 Å². The highest BCUT2D eigenvalue weighted by Crippen LogP contribution is 2.25. The molecule has 0 saturated heterocycles. The van der Waals surface area contributed by atoms with Crippen LogP contribution in [0.4, 0.5) is 5.69 Å². The molecule has 0 amide bonds. The number of phenols is 1. The second kappa shape index (κ2) is 5.19. The van der Waals surface area contributed by atoms with Gasteiger partial charge >= 0.3 is 0 Å². The largest absolute Gasteiger partial charge is 0.506 e. The lowest BCUT2D eigenvalue weighted by Gasteiger charge is -2.06. The SMILES string of the molecule is N#CC(C#N)=CNc1cc(S(N)(=O)=O)ccc1O. The van der Waals surface area contributed by atoms with Gasteiger partial charge in [0, 0.05) is 6.20 Å². The van der Waals surface area contributed by atoms with E-state index in [-0.39, 0.29) is 21.9 Å². The van der Waals surface area contributed by atoms with Crippen LogP contribution in [0.3, 0.4) is 0 Å². The van der Waals surface area contributed by atoms with Crippen molar-refractivity contribution in [3.63, 3.8) is 0 Å². The van der Waals surface area contributed by atoms with Crippen molar-refractivity contribution in [3.8, 4) is 17.9 Å². The number of hydrogen-bond donors (Lipinski definition) is 3. The van der Waals surface area contributed by atoms with Gasteiger partial charge in [-0.3, -0.25) is 0 Å². The molecule has 8 heteroatoms. The summed E-state index contributed by atoms with van der Waals surface area (Å²) >= 11 is 0. The zero-order valence-corrected chi connectivity index (χ0v) is 9.77. The van der Waals surface area contributed by atoms with Crippen molar-refractivity contribution in [2.75, 3.05) is 5.32 Å². The normalized spacial score (nSPS) is 9.94. The Morgan fingerprint density at radius 2 is 2.00 bits per heavy atom. The zero-order valence-electron chi connectivity index (χ0n) is 8.95. The summed E-state index contributed by atoms with van der Waals surface area (Å²) in [5.41, 5.74) is -0.208. The van der Waals surface area contributed by atoms with Gasteiger partial charge in [-0.15, -0.1) is 0 Å². The van der Waals surface area contributed by atoms with E-state index in [1.807, 2.05) is 0 Å². The van der Waals surface area contributed by atoms with Gasteiger partial charge in [-0.25, -0.2) is 13.6 Å². The van der Waals surface area contributed by atoms with Gasteiger partial charge in [-0.2, -0.15) is 10.5 Å². The zero-order chi connectivity index (χ0) is 13.8. The van der Waals surface area contributed by atoms with E-state index in [2.05, 4.69) is 5.32 Å². The fourth-order valence-electron chi connectivity index (χ4n) is 1.05. The number of nitriles is 2. The molecule has 1 rings (SSSR count). The molecule has 0 atom stereocenters. The van der Waals surface area contributed by atoms with Gasteiger partial charge in [0.25, 0.3) is 0 Å². The van der Waals surface area contributed by atoms with Crippen LogP contribution in [0, 0.1) is 22.7 Å². The molecule has 0 unspecified atom stereocenters. The van der Waals surface area contributed by atoms with Gasteiger partial charge in [0.2, 0.25) is 10.0 Å². The number of primary sulfonamides is 1. The van der Waals surface area contributed by atoms with Crippen molar-refractivity contribution in [2.45, 2.75) is 4.90 Å². The van der Waals surface area contributed by atoms with Crippen molar-refractivity contribution >= 4 is 15.7 Å². The van der Waals surface area contributed by atoms with Crippen LogP contribution in [-0.4, -0.2) is 13.5 Å². The minimum atomic E-state index is -3.89. The molecule has 0 bridgehead atoms. The highest BCUT2D eigenvalue weighted by atomic mass is 32.2. The number of nitrogens with zero attached hydrogens (tertiary/aromatic N) is 2. The summed E-state index contributed by atoms with van der Waals surface area (Å²) in [6.07, 6.45) is 1.04. The standard InChI is InChI=1S/C10H8N4O3S/c11-4-7(5-12)6-14-9-3-8(18(13,16)17)1-2-10(9)15/h1-3,6,14-15H,(H2,13,16,17). The lowest BCUT2D eigenvalue weighted by atomic mass is 10.3. The number of benzene rings is 1. The molecule has 1 aromatic carbocycles. The molecule has 0 spiro atoms. The van der Waals surface area contributed by atoms with Crippen molar-refractivity contribution < 1.29 is 13.5 Å². The molecule has 92 valence electrons. The average Bonchev–Trinajstić information content (AvgIpc) is 2.31. The van der Waals surface area contributed by atoms with Gasteiger partial charge in [0.15, 0.2) is 0 Å². The van der Waals surface area contributed by atoms with Gasteiger partial charge in [0.05, 0.1) is 10.6 Å². The van der Waals surface area contributed by atoms with Crippen LogP contribution < -0.4 is 10.5 Å². The lowest BCUT2D eigenvalue weighted by molar-refractivity contribution is 0.477. The third-order valence-corrected chi connectivity index (χ3v) is 2.82. The summed E-state index contributed by atoms with van der Waals surface area (Å²) in [4.78, 5) is -0.202. The fourth-order valence-corrected chi connectivity index (χ4v) is 1.59. The fraction of sp³-hybridized carbons (Fsp3) is 0. The molecular formula is C10H8N4O3S. The molecule has 0 radical (unpaired) electrons. The van der Waals surface area contributed by atoms with Crippen LogP contribution >= 0.6 is 0 Å². The maximum absolute atomic E-state index is 11.1. The summed E-state index contributed by atoms with van der Waals surface area (Å²) in [7, 11) is -3.89. The van der Waals surface area contributed by atoms with Gasteiger partial charge in [0.1, 0.15) is 23.5 Å². The maximum atomic E-state index is 11.1. The molecule has 0 fully saturated rings. The van der Waals surface area contributed by atoms with E-state index in [9.17, 15) is 13.5 Å². The van der Waals surface area contributed by atoms with Gasteiger partial charge in [-0.05, 0) is 18.2 Å². The first-order valence-corrected chi connectivity index (χ1v) is 6.06. The van der Waals surface area contributed by atoms with Crippen molar-refractivity contribution in [3.05, 3.63) is 30.0 Å². The first kappa shape index (κ1) is 13.5. The van der Waals surface area contributed by atoms with Crippen LogP contribution in [0.5, 0.6) is 5.75 Å². The van der Waals surface area contributed by atoms with Gasteiger partial charge < -0.3 is 10.4 Å². The van der Waals surface area contributed by atoms with Crippen LogP contribution in [0.25, 0.3) is 0 Å². The molecule has 0 aliphatic heterocycles. The third-order valence-electron chi connectivity index (χ3n) is 1.91. The first-order chi connectivity index (χ1) is 8.38. The number of sulfonamides is 1. The van der Waals surface area contributed by atoms with Gasteiger partial charge in [-0.1, -0.05) is 0 Å². The average molecular weight is 264 g/mol. The Kier molecular flexibility index (Phi) is 3.89. The lowest BCUT2D eigenvalue weighted by Crippen LogP contribution is -2.12. The highest BCUT2D eigenvalue weighted by Gasteiger charge is 2.10. The highest BCUT2D eigenvalue weighted by molar-refractivity contribution is 7.89. The number of phenolic OH excluding ortho intramolecular Hbond substituents is 1. The first-order valence-electron chi connectivity index (χ1n) is 4.51. The maximum Gasteiger partial charge on any atom is 0.238 e. The van der Waals surface area contributed by atoms with Crippen LogP contribution in [0.1, 0.15) is 0 Å². The Bertz CT molecular complexity index is 664. The van der Waals surface area contributed by atoms with E-state index in [4.69, 9.17) is 15.7 Å². The molecule has 4 N–H and O–H groups in total. The predicted molar refractivity (Wildman–Crippen MR) is 62.4 cm³/mol. The molecular weight excluding hydrogens is 256 g/mol. The molecule has 18 heavy (non-hydrogen) atoms. The summed E-state index contributed by atoms with van der Waals surface area (Å²) in [5, 5.41) is 33.8. The Hall–Kier alpha value is -2.55. The predicted octanol–water partition coefficient (Wildman–Crippen LogP) is 0.383. The Balaban J connectivity index is 3.16. The van der Waals surface area contributed by atoms with E-state index < -0.39 is 10.0 Å². The number of hydrogen-bond acceptors (Lipinski definition) is 6. The summed E-state index contributed by atoms with van der Waals surface area (Å²) in [6.45, 7) is 0. The third kappa shape index (κ3) is 3.22. The van der Waals surface area contributed by atoms with Crippen molar-refractivity contribution in [2.24, 2.45) is 5.14 Å². The molecule has 0 saturated carbocycles. The second-order valence-electron chi connectivity index (χ2n) is 3.15. The van der Waals surface area contributed by atoms with E-state index in [1.54, 1.807) is 12.1 Å². The molecule has 0 aromatic heterocycles. The Labute approximate surface area is 103 Å². The number of nitrogens with two attached hydrogens (primary N) is 1. The van der Waals surface area contributed by atoms with Crippen LogP contribution in [0.15, 0.2) is 34.9 Å². The topological polar surface area (TPSA) is 140 Å². The van der Waals surface area contributed by atoms with E-state index in [0.29, 0.717) is 0 Å². The van der Waals surface area contributed by atoms with Crippen molar-refractivity contribution in [1.29, 1.82) is 10.5 Å². The number of allylic oxidation sites excluding steroid dienone is 1. The second-order valence-corrected chi connectivity index (χ2v) is 4.71. The molecule has 0 heterocycles. The quantitative estimate of drug-likeness (QED) is 0.532. The van der Waals surface area contributed by atoms with E-state index in [0.717, 1.165) is 24.4 Å². The minimum Gasteiger partial charge on any atom is -0.506 e. The molecule has 0 aliphatic carbocycles. The Morgan fingerprint density at radius 3 is 2.50 bits per heavy atom. The Morgan fingerprint density at radius 1 is 1.39 bits per heavy atom. The molecule has 7 nitrogen and oxygen atoms in total. The van der Waals surface area contributed by atoms with Crippen LogP contribution in [-0.2, 0) is 10.0 Å².